The van der Waals surface area contributed by atoms with Crippen LogP contribution in [0.4, 0.5) is 8.78 Å². The van der Waals surface area contributed by atoms with Crippen molar-refractivity contribution in [3.8, 4) is 0 Å². The van der Waals surface area contributed by atoms with Crippen LogP contribution in [0.25, 0.3) is 0 Å². The first kappa shape index (κ1) is 8.27. The van der Waals surface area contributed by atoms with Crippen molar-refractivity contribution in [3.05, 3.63) is 11.7 Å². The molecule has 0 spiro atoms. The Labute approximate surface area is 52.9 Å². The van der Waals surface area contributed by atoms with Gasteiger partial charge in [-0.25, -0.2) is 8.78 Å². The summed E-state index contributed by atoms with van der Waals surface area (Å²) >= 11 is 0. The lowest BCUT2D eigenvalue weighted by atomic mass is 10.3. The van der Waals surface area contributed by atoms with E-state index in [1.807, 2.05) is 0 Å². The van der Waals surface area contributed by atoms with Gasteiger partial charge in [0, 0.05) is 6.42 Å². The predicted octanol–water partition coefficient (Wildman–Crippen LogP) is 2.59. The maximum absolute atomic E-state index is 12.2. The molecule has 0 aromatic rings. The van der Waals surface area contributed by atoms with Crippen molar-refractivity contribution in [2.75, 3.05) is 0 Å². The van der Waals surface area contributed by atoms with Gasteiger partial charge in [-0.05, 0) is 6.42 Å². The van der Waals surface area contributed by atoms with Crippen LogP contribution in [0.5, 0.6) is 0 Å². The Morgan fingerprint density at radius 1 is 1.56 bits per heavy atom. The van der Waals surface area contributed by atoms with E-state index < -0.39 is 11.7 Å². The van der Waals surface area contributed by atoms with Crippen molar-refractivity contribution in [2.24, 2.45) is 0 Å². The fourth-order valence-corrected chi connectivity index (χ4v) is 0.417. The second-order valence-electron chi connectivity index (χ2n) is 1.65. The zero-order chi connectivity index (χ0) is 7.28. The monoisotopic (exact) mass is 133 g/mol. The zero-order valence-corrected chi connectivity index (χ0v) is 5.25. The van der Waals surface area contributed by atoms with E-state index in [9.17, 15) is 8.78 Å². The molecule has 0 aliphatic heterocycles. The molecule has 0 aliphatic rings. The number of halogens is 2. The third kappa shape index (κ3) is 2.95. The van der Waals surface area contributed by atoms with Crippen LogP contribution in [-0.4, -0.2) is 6.21 Å². The highest BCUT2D eigenvalue weighted by Gasteiger charge is 1.99. The fraction of sp³-hybridized carbons (Fsp3) is 0.500. The molecule has 0 saturated carbocycles. The minimum atomic E-state index is -1.06. The first-order chi connectivity index (χ1) is 4.22. The summed E-state index contributed by atoms with van der Waals surface area (Å²) in [5, 5.41) is 6.32. The molecule has 3 heteroatoms. The second-order valence-corrected chi connectivity index (χ2v) is 1.65. The van der Waals surface area contributed by atoms with E-state index in [-0.39, 0.29) is 6.42 Å². The predicted molar refractivity (Wildman–Crippen MR) is 32.9 cm³/mol. The van der Waals surface area contributed by atoms with Gasteiger partial charge in [0.25, 0.3) is 0 Å². The summed E-state index contributed by atoms with van der Waals surface area (Å²) in [4.78, 5) is 0. The van der Waals surface area contributed by atoms with E-state index in [0.29, 0.717) is 12.6 Å². The largest absolute Gasteiger partial charge is 0.306 e. The minimum absolute atomic E-state index is 0.0845. The summed E-state index contributed by atoms with van der Waals surface area (Å²) in [7, 11) is 0. The highest BCUT2D eigenvalue weighted by Crippen LogP contribution is 2.11. The molecule has 0 fully saturated rings. The second kappa shape index (κ2) is 4.18. The molecule has 0 unspecified atom stereocenters. The summed E-state index contributed by atoms with van der Waals surface area (Å²) < 4.78 is 24.1. The van der Waals surface area contributed by atoms with Crippen molar-refractivity contribution in [1.82, 2.24) is 0 Å². The lowest BCUT2D eigenvalue weighted by Gasteiger charge is -1.90. The fourth-order valence-electron chi connectivity index (χ4n) is 0.417. The van der Waals surface area contributed by atoms with Gasteiger partial charge in [0.2, 0.25) is 0 Å². The summed E-state index contributed by atoms with van der Waals surface area (Å²) in [5.74, 6) is -1.88. The Balaban J connectivity index is 3.93. The normalized spacial score (nSPS) is 12.8. The topological polar surface area (TPSA) is 23.9 Å². The van der Waals surface area contributed by atoms with Crippen LogP contribution in [0.3, 0.4) is 0 Å². The molecule has 0 rings (SSSR count). The highest BCUT2D eigenvalue weighted by molar-refractivity contribution is 5.73. The van der Waals surface area contributed by atoms with Gasteiger partial charge in [0.05, 0.1) is 6.21 Å². The quantitative estimate of drug-likeness (QED) is 0.572. The third-order valence-electron chi connectivity index (χ3n) is 0.855. The molecule has 0 radical (unpaired) electrons. The van der Waals surface area contributed by atoms with Gasteiger partial charge in [-0.2, -0.15) is 0 Å². The molecule has 1 N–H and O–H groups in total. The van der Waals surface area contributed by atoms with E-state index in [4.69, 9.17) is 5.41 Å². The minimum Gasteiger partial charge on any atom is -0.306 e. The van der Waals surface area contributed by atoms with Crippen LogP contribution in [0.1, 0.15) is 19.8 Å². The Hall–Kier alpha value is -0.730. The Morgan fingerprint density at radius 2 is 2.11 bits per heavy atom. The van der Waals surface area contributed by atoms with Crippen LogP contribution < -0.4 is 0 Å². The van der Waals surface area contributed by atoms with E-state index in [1.54, 1.807) is 6.92 Å². The van der Waals surface area contributed by atoms with E-state index in [0.717, 1.165) is 0 Å². The average Bonchev–Trinajstić information content (AvgIpc) is 1.87. The molecule has 0 saturated heterocycles. The van der Waals surface area contributed by atoms with Crippen molar-refractivity contribution >= 4 is 6.21 Å². The summed E-state index contributed by atoms with van der Waals surface area (Å²) in [6, 6.07) is 0. The van der Waals surface area contributed by atoms with Crippen LogP contribution >= 0.6 is 0 Å². The molecule has 0 atom stereocenters. The van der Waals surface area contributed by atoms with Crippen molar-refractivity contribution < 1.29 is 8.78 Å². The number of hydrogen-bond acceptors (Lipinski definition) is 1. The Bertz CT molecular complexity index is 129. The zero-order valence-electron chi connectivity index (χ0n) is 5.25. The number of allylic oxidation sites excluding steroid dienone is 2. The smallest absolute Gasteiger partial charge is 0.172 e. The van der Waals surface area contributed by atoms with Gasteiger partial charge in [0.15, 0.2) is 5.83 Å². The van der Waals surface area contributed by atoms with Crippen molar-refractivity contribution in [2.45, 2.75) is 19.8 Å². The first-order valence-corrected chi connectivity index (χ1v) is 2.77. The molecule has 0 aromatic carbocycles. The van der Waals surface area contributed by atoms with E-state index in [1.165, 1.54) is 0 Å². The van der Waals surface area contributed by atoms with Gasteiger partial charge in [-0.3, -0.25) is 0 Å². The van der Waals surface area contributed by atoms with Gasteiger partial charge in [0.1, 0.15) is 5.83 Å². The lowest BCUT2D eigenvalue weighted by Crippen LogP contribution is -1.80. The number of nitrogens with one attached hydrogen (secondary N) is 1. The van der Waals surface area contributed by atoms with E-state index in [2.05, 4.69) is 0 Å². The SMILES string of the molecule is CCC/C(F)=C(/F)C=N. The standard InChI is InChI=1S/C6H9F2N/c1-2-3-5(7)6(8)4-9/h4,9H,2-3H2,1H3/b6-5-,9-4?. The van der Waals surface area contributed by atoms with Gasteiger partial charge >= 0.3 is 0 Å². The van der Waals surface area contributed by atoms with Crippen LogP contribution in [0.2, 0.25) is 0 Å². The third-order valence-corrected chi connectivity index (χ3v) is 0.855. The molecule has 9 heavy (non-hydrogen) atoms. The lowest BCUT2D eigenvalue weighted by molar-refractivity contribution is 0.528. The van der Waals surface area contributed by atoms with Gasteiger partial charge < -0.3 is 5.41 Å². The van der Waals surface area contributed by atoms with Crippen LogP contribution in [0.15, 0.2) is 11.7 Å². The molecule has 0 bridgehead atoms. The van der Waals surface area contributed by atoms with Gasteiger partial charge in [-0.15, -0.1) is 0 Å². The molecule has 52 valence electrons. The Kier molecular flexibility index (Phi) is 3.84. The molecule has 0 heterocycles. The molecule has 0 aromatic heterocycles. The van der Waals surface area contributed by atoms with Crippen LogP contribution in [-0.2, 0) is 0 Å². The van der Waals surface area contributed by atoms with Crippen molar-refractivity contribution in [1.29, 1.82) is 5.41 Å². The molecule has 0 aliphatic carbocycles. The first-order valence-electron chi connectivity index (χ1n) is 2.77. The molecule has 1 nitrogen and oxygen atoms in total. The van der Waals surface area contributed by atoms with E-state index >= 15 is 0 Å². The van der Waals surface area contributed by atoms with Crippen LogP contribution in [0, 0.1) is 5.41 Å². The molecular weight excluding hydrogens is 124 g/mol. The molecular formula is C6H9F2N. The Morgan fingerprint density at radius 3 is 2.44 bits per heavy atom. The maximum Gasteiger partial charge on any atom is 0.172 e. The summed E-state index contributed by atoms with van der Waals surface area (Å²) in [6.07, 6.45) is 1.03. The number of rotatable bonds is 3. The van der Waals surface area contributed by atoms with Crippen molar-refractivity contribution in [3.63, 3.8) is 0 Å². The number of hydrogen-bond donors (Lipinski definition) is 1. The molecule has 0 amide bonds. The maximum atomic E-state index is 12.2. The average molecular weight is 133 g/mol. The van der Waals surface area contributed by atoms with Gasteiger partial charge in [-0.1, -0.05) is 6.92 Å². The summed E-state index contributed by atoms with van der Waals surface area (Å²) in [5.41, 5.74) is 0. The summed E-state index contributed by atoms with van der Waals surface area (Å²) in [6.45, 7) is 1.75. The highest BCUT2D eigenvalue weighted by atomic mass is 19.2.